The minimum Gasteiger partial charge on any atom is -0.354 e. The molecule has 3 rings (SSSR count). The van der Waals surface area contributed by atoms with Crippen LogP contribution >= 0.6 is 0 Å². The summed E-state index contributed by atoms with van der Waals surface area (Å²) in [6.07, 6.45) is 0.739. The second kappa shape index (κ2) is 7.75. The van der Waals surface area contributed by atoms with Gasteiger partial charge in [0.2, 0.25) is 5.91 Å². The molecule has 0 saturated carbocycles. The molecule has 0 aromatic heterocycles. The Hall–Kier alpha value is -2.67. The van der Waals surface area contributed by atoms with Gasteiger partial charge in [0.15, 0.2) is 0 Å². The third kappa shape index (κ3) is 4.09. The molecule has 1 atom stereocenters. The van der Waals surface area contributed by atoms with Gasteiger partial charge in [0, 0.05) is 12.1 Å². The third-order valence-electron chi connectivity index (χ3n) is 4.88. The van der Waals surface area contributed by atoms with Crippen LogP contribution in [0.1, 0.15) is 34.7 Å². The minimum atomic E-state index is -3.60. The van der Waals surface area contributed by atoms with E-state index in [0.717, 1.165) is 6.42 Å². The summed E-state index contributed by atoms with van der Waals surface area (Å²) in [6.45, 7) is 8.38. The first-order valence-corrected chi connectivity index (χ1v) is 10.7. The molecule has 0 bridgehead atoms. The SMILES string of the molecule is Cc1cc(C)c(CCNC(=O)[C@H](C)N=C2NS(=O)(=O)c3ccccc32)c(C)c1. The van der Waals surface area contributed by atoms with Crippen molar-refractivity contribution in [1.29, 1.82) is 0 Å². The zero-order valence-corrected chi connectivity index (χ0v) is 17.4. The molecule has 0 saturated heterocycles. The average Bonchev–Trinajstić information content (AvgIpc) is 2.87. The van der Waals surface area contributed by atoms with E-state index in [9.17, 15) is 13.2 Å². The van der Waals surface area contributed by atoms with Crippen molar-refractivity contribution in [1.82, 2.24) is 10.0 Å². The van der Waals surface area contributed by atoms with Crippen molar-refractivity contribution in [3.05, 3.63) is 64.2 Å². The maximum atomic E-state index is 12.4. The van der Waals surface area contributed by atoms with Gasteiger partial charge in [-0.25, -0.2) is 8.42 Å². The fraction of sp³-hybridized carbons (Fsp3) is 0.333. The Balaban J connectivity index is 1.66. The number of nitrogens with one attached hydrogen (secondary N) is 2. The number of hydrogen-bond acceptors (Lipinski definition) is 4. The zero-order chi connectivity index (χ0) is 20.5. The molecule has 1 heterocycles. The first kappa shape index (κ1) is 20.1. The standard InChI is InChI=1S/C21H25N3O3S/c1-13-11-14(2)17(15(3)12-13)9-10-22-21(25)16(4)23-20-18-7-5-6-8-19(18)28(26,27)24-20/h5-8,11-12,16H,9-10H2,1-4H3,(H,22,25)(H,23,24)/t16-/m0/s1. The van der Waals surface area contributed by atoms with Crippen molar-refractivity contribution < 1.29 is 13.2 Å². The first-order valence-electron chi connectivity index (χ1n) is 9.23. The van der Waals surface area contributed by atoms with Gasteiger partial charge in [0.05, 0.1) is 4.90 Å². The predicted molar refractivity (Wildman–Crippen MR) is 110 cm³/mol. The van der Waals surface area contributed by atoms with Crippen LogP contribution in [0.3, 0.4) is 0 Å². The summed E-state index contributed by atoms with van der Waals surface area (Å²) in [5.41, 5.74) is 5.40. The fourth-order valence-corrected chi connectivity index (χ4v) is 4.78. The molecule has 7 heteroatoms. The van der Waals surface area contributed by atoms with Gasteiger partial charge in [0.25, 0.3) is 10.0 Å². The summed E-state index contributed by atoms with van der Waals surface area (Å²) in [5, 5.41) is 2.90. The molecule has 1 aliphatic rings. The molecule has 2 aromatic carbocycles. The Morgan fingerprint density at radius 1 is 1.14 bits per heavy atom. The van der Waals surface area contributed by atoms with Crippen LogP contribution in [0.4, 0.5) is 0 Å². The molecule has 0 fully saturated rings. The van der Waals surface area contributed by atoms with Crippen molar-refractivity contribution in [3.63, 3.8) is 0 Å². The Kier molecular flexibility index (Phi) is 5.56. The molecule has 148 valence electrons. The van der Waals surface area contributed by atoms with Gasteiger partial charge in [-0.3, -0.25) is 14.5 Å². The van der Waals surface area contributed by atoms with E-state index in [2.05, 4.69) is 47.9 Å². The molecule has 28 heavy (non-hydrogen) atoms. The molecule has 0 spiro atoms. The summed E-state index contributed by atoms with van der Waals surface area (Å²) >= 11 is 0. The summed E-state index contributed by atoms with van der Waals surface area (Å²) in [4.78, 5) is 16.9. The first-order chi connectivity index (χ1) is 13.2. The summed E-state index contributed by atoms with van der Waals surface area (Å²) in [7, 11) is -3.60. The van der Waals surface area contributed by atoms with Crippen LogP contribution in [0.2, 0.25) is 0 Å². The Morgan fingerprint density at radius 3 is 2.46 bits per heavy atom. The van der Waals surface area contributed by atoms with E-state index in [4.69, 9.17) is 0 Å². The van der Waals surface area contributed by atoms with E-state index in [1.807, 2.05) is 0 Å². The van der Waals surface area contributed by atoms with E-state index >= 15 is 0 Å². The smallest absolute Gasteiger partial charge is 0.263 e. The zero-order valence-electron chi connectivity index (χ0n) is 16.5. The average molecular weight is 400 g/mol. The van der Waals surface area contributed by atoms with Crippen LogP contribution in [0.15, 0.2) is 46.3 Å². The number of aliphatic imine (C=N–C) groups is 1. The lowest BCUT2D eigenvalue weighted by atomic mass is 9.97. The molecule has 1 aliphatic heterocycles. The molecule has 6 nitrogen and oxygen atoms in total. The van der Waals surface area contributed by atoms with Gasteiger partial charge >= 0.3 is 0 Å². The van der Waals surface area contributed by atoms with Crippen LogP contribution in [-0.4, -0.2) is 32.7 Å². The molecule has 0 unspecified atom stereocenters. The van der Waals surface area contributed by atoms with Crippen molar-refractivity contribution >= 4 is 21.8 Å². The van der Waals surface area contributed by atoms with Gasteiger partial charge in [-0.2, -0.15) is 0 Å². The number of nitrogens with zero attached hydrogens (tertiary/aromatic N) is 1. The molecule has 0 aliphatic carbocycles. The highest BCUT2D eigenvalue weighted by Gasteiger charge is 2.31. The van der Waals surface area contributed by atoms with E-state index in [0.29, 0.717) is 12.1 Å². The topological polar surface area (TPSA) is 87.6 Å². The largest absolute Gasteiger partial charge is 0.354 e. The quantitative estimate of drug-likeness (QED) is 0.809. The van der Waals surface area contributed by atoms with Gasteiger partial charge in [-0.1, -0.05) is 29.8 Å². The Bertz CT molecular complexity index is 1040. The third-order valence-corrected chi connectivity index (χ3v) is 6.28. The van der Waals surface area contributed by atoms with Crippen molar-refractivity contribution in [3.8, 4) is 0 Å². The van der Waals surface area contributed by atoms with Crippen LogP contribution in [0.25, 0.3) is 0 Å². The van der Waals surface area contributed by atoms with Crippen LogP contribution < -0.4 is 10.0 Å². The van der Waals surface area contributed by atoms with E-state index in [1.54, 1.807) is 25.1 Å². The van der Waals surface area contributed by atoms with Gasteiger partial charge in [0.1, 0.15) is 11.9 Å². The number of benzene rings is 2. The highest BCUT2D eigenvalue weighted by Crippen LogP contribution is 2.22. The van der Waals surface area contributed by atoms with Crippen LogP contribution in [0.5, 0.6) is 0 Å². The van der Waals surface area contributed by atoms with Gasteiger partial charge < -0.3 is 5.32 Å². The number of amides is 1. The summed E-state index contributed by atoms with van der Waals surface area (Å²) < 4.78 is 26.7. The second-order valence-corrected chi connectivity index (χ2v) is 8.82. The Labute approximate surface area is 166 Å². The second-order valence-electron chi connectivity index (χ2n) is 7.17. The fourth-order valence-electron chi connectivity index (χ4n) is 3.54. The number of carbonyl (C=O) groups excluding carboxylic acids is 1. The lowest BCUT2D eigenvalue weighted by molar-refractivity contribution is -0.121. The van der Waals surface area contributed by atoms with Gasteiger partial charge in [-0.05, 0) is 62.9 Å². The van der Waals surface area contributed by atoms with Crippen molar-refractivity contribution in [2.75, 3.05) is 6.54 Å². The maximum absolute atomic E-state index is 12.4. The molecule has 2 aromatic rings. The monoisotopic (exact) mass is 399 g/mol. The maximum Gasteiger partial charge on any atom is 0.263 e. The molecule has 2 N–H and O–H groups in total. The minimum absolute atomic E-state index is 0.187. The van der Waals surface area contributed by atoms with Crippen LogP contribution in [-0.2, 0) is 21.2 Å². The highest BCUT2D eigenvalue weighted by molar-refractivity contribution is 7.90. The molecular weight excluding hydrogens is 374 g/mol. The van der Waals surface area contributed by atoms with Crippen LogP contribution in [0, 0.1) is 20.8 Å². The van der Waals surface area contributed by atoms with E-state index in [1.165, 1.54) is 28.3 Å². The number of rotatable bonds is 5. The number of carbonyl (C=O) groups is 1. The molecular formula is C21H25N3O3S. The lowest BCUT2D eigenvalue weighted by Gasteiger charge is -2.13. The number of hydrogen-bond donors (Lipinski definition) is 2. The molecule has 0 radical (unpaired) electrons. The normalized spacial score (nSPS) is 17.1. The summed E-state index contributed by atoms with van der Waals surface area (Å²) in [6, 6.07) is 10.2. The lowest BCUT2D eigenvalue weighted by Crippen LogP contribution is -2.35. The Morgan fingerprint density at radius 2 is 1.79 bits per heavy atom. The van der Waals surface area contributed by atoms with Crippen molar-refractivity contribution in [2.24, 2.45) is 4.99 Å². The summed E-state index contributed by atoms with van der Waals surface area (Å²) in [5.74, 6) is -0.0260. The number of aryl methyl sites for hydroxylation is 3. The van der Waals surface area contributed by atoms with Gasteiger partial charge in [-0.15, -0.1) is 0 Å². The highest BCUT2D eigenvalue weighted by atomic mass is 32.2. The molecule has 1 amide bonds. The van der Waals surface area contributed by atoms with E-state index in [-0.39, 0.29) is 16.6 Å². The number of amidine groups is 1. The number of fused-ring (bicyclic) bond motifs is 1. The van der Waals surface area contributed by atoms with Crippen molar-refractivity contribution in [2.45, 2.75) is 45.1 Å². The predicted octanol–water partition coefficient (Wildman–Crippen LogP) is 2.40. The van der Waals surface area contributed by atoms with E-state index < -0.39 is 16.1 Å². The number of sulfonamides is 1.